The first-order valence-corrected chi connectivity index (χ1v) is 9.80. The number of ether oxygens (including phenoxy) is 1. The van der Waals surface area contributed by atoms with Gasteiger partial charge in [-0.15, -0.1) is 0 Å². The lowest BCUT2D eigenvalue weighted by atomic mass is 9.84. The molecular formula is C19H17N3OS2. The van der Waals surface area contributed by atoms with Gasteiger partial charge in [-0.25, -0.2) is 0 Å². The highest BCUT2D eigenvalue weighted by Crippen LogP contribution is 2.42. The maximum Gasteiger partial charge on any atom is 0.205 e. The van der Waals surface area contributed by atoms with E-state index >= 15 is 0 Å². The highest BCUT2D eigenvalue weighted by Gasteiger charge is 2.34. The van der Waals surface area contributed by atoms with Crippen LogP contribution in [0.3, 0.4) is 0 Å². The molecule has 0 aliphatic carbocycles. The van der Waals surface area contributed by atoms with Gasteiger partial charge in [0, 0.05) is 13.1 Å². The third-order valence-corrected chi connectivity index (χ3v) is 5.90. The predicted octanol–water partition coefficient (Wildman–Crippen LogP) is 3.90. The van der Waals surface area contributed by atoms with Crippen molar-refractivity contribution >= 4 is 28.2 Å². The van der Waals surface area contributed by atoms with Gasteiger partial charge in [0.25, 0.3) is 0 Å². The maximum absolute atomic E-state index is 9.64. The van der Waals surface area contributed by atoms with Gasteiger partial charge in [0.1, 0.15) is 17.4 Å². The van der Waals surface area contributed by atoms with Crippen molar-refractivity contribution in [1.82, 2.24) is 4.90 Å². The molecule has 0 saturated carbocycles. The van der Waals surface area contributed by atoms with Crippen LogP contribution in [0, 0.1) is 11.3 Å². The molecule has 4 rings (SSSR count). The Kier molecular flexibility index (Phi) is 4.22. The maximum atomic E-state index is 9.64. The van der Waals surface area contributed by atoms with Crippen LogP contribution in [0.4, 0.5) is 0 Å². The Morgan fingerprint density at radius 1 is 1.24 bits per heavy atom. The van der Waals surface area contributed by atoms with Crippen LogP contribution >= 0.6 is 22.7 Å². The first-order valence-electron chi connectivity index (χ1n) is 7.91. The number of hydrogen-bond acceptors (Lipinski definition) is 6. The molecule has 0 radical (unpaired) electrons. The summed E-state index contributed by atoms with van der Waals surface area (Å²) in [6, 6.07) is 6.44. The van der Waals surface area contributed by atoms with Crippen molar-refractivity contribution < 1.29 is 4.74 Å². The molecule has 4 heterocycles. The molecule has 2 aromatic rings. The van der Waals surface area contributed by atoms with Crippen LogP contribution in [0.1, 0.15) is 17.0 Å². The van der Waals surface area contributed by atoms with E-state index in [-0.39, 0.29) is 11.8 Å². The van der Waals surface area contributed by atoms with Gasteiger partial charge in [-0.1, -0.05) is 0 Å². The first-order chi connectivity index (χ1) is 12.2. The van der Waals surface area contributed by atoms with E-state index in [1.165, 1.54) is 11.1 Å². The molecule has 0 aromatic carbocycles. The fourth-order valence-electron chi connectivity index (χ4n) is 3.38. The summed E-state index contributed by atoms with van der Waals surface area (Å²) in [6.45, 7) is 1.56. The Hall–Kier alpha value is -2.33. The fourth-order valence-corrected chi connectivity index (χ4v) is 4.75. The quantitative estimate of drug-likeness (QED) is 0.874. The van der Waals surface area contributed by atoms with Crippen molar-refractivity contribution in [3.8, 4) is 6.07 Å². The smallest absolute Gasteiger partial charge is 0.205 e. The zero-order valence-electron chi connectivity index (χ0n) is 13.7. The Morgan fingerprint density at radius 3 is 2.72 bits per heavy atom. The number of allylic oxidation sites excluding steroid dienone is 2. The van der Waals surface area contributed by atoms with E-state index in [9.17, 15) is 5.26 Å². The molecule has 0 saturated heterocycles. The Bertz CT molecular complexity index is 915. The van der Waals surface area contributed by atoms with E-state index in [0.717, 1.165) is 30.0 Å². The van der Waals surface area contributed by atoms with E-state index in [1.807, 2.05) is 5.38 Å². The second kappa shape index (κ2) is 6.52. The van der Waals surface area contributed by atoms with Crippen LogP contribution in [-0.2, 0) is 4.74 Å². The number of nitriles is 1. The number of nitrogens with zero attached hydrogens (tertiary/aromatic N) is 2. The molecule has 0 bridgehead atoms. The number of nitrogens with two attached hydrogens (primary N) is 1. The second-order valence-electron chi connectivity index (χ2n) is 6.22. The largest absolute Gasteiger partial charge is 0.440 e. The fraction of sp³-hybridized carbons (Fsp3) is 0.211. The molecule has 0 spiro atoms. The second-order valence-corrected chi connectivity index (χ2v) is 7.78. The van der Waals surface area contributed by atoms with E-state index in [0.29, 0.717) is 5.57 Å². The van der Waals surface area contributed by atoms with Gasteiger partial charge in [0.2, 0.25) is 5.88 Å². The molecule has 0 amide bonds. The van der Waals surface area contributed by atoms with Crippen molar-refractivity contribution in [2.24, 2.45) is 5.73 Å². The van der Waals surface area contributed by atoms with Gasteiger partial charge in [-0.2, -0.15) is 27.9 Å². The first kappa shape index (κ1) is 16.2. The van der Waals surface area contributed by atoms with Crippen LogP contribution in [0.2, 0.25) is 0 Å². The average Bonchev–Trinajstić information content (AvgIpc) is 3.26. The summed E-state index contributed by atoms with van der Waals surface area (Å²) >= 11 is 3.31. The lowest BCUT2D eigenvalue weighted by molar-refractivity contribution is 0.286. The third kappa shape index (κ3) is 2.91. The van der Waals surface area contributed by atoms with Crippen LogP contribution in [0.15, 0.2) is 62.5 Å². The molecule has 0 fully saturated rings. The molecule has 1 unspecified atom stereocenters. The minimum atomic E-state index is -0.138. The number of hydrogen-bond donors (Lipinski definition) is 1. The highest BCUT2D eigenvalue weighted by molar-refractivity contribution is 7.08. The SMILES string of the molecule is CN1CC(c2ccsc2)=CC2=C(C1)C(c1ccsc1)C(C#N)=C(N)O2. The standard InChI is InChI=1S/C19H17N3OS2/c1-22-8-14(12-2-4-24-10-12)6-17-16(9-22)18(13-3-5-25-11-13)15(7-20)19(21)23-17/h2-6,10-11,18H,8-9,21H2,1H3. The van der Waals surface area contributed by atoms with Crippen LogP contribution in [-0.4, -0.2) is 25.0 Å². The van der Waals surface area contributed by atoms with Crippen molar-refractivity contribution in [3.63, 3.8) is 0 Å². The highest BCUT2D eigenvalue weighted by atomic mass is 32.1. The number of rotatable bonds is 2. The minimum Gasteiger partial charge on any atom is -0.440 e. The summed E-state index contributed by atoms with van der Waals surface area (Å²) in [7, 11) is 2.09. The zero-order chi connectivity index (χ0) is 17.4. The summed E-state index contributed by atoms with van der Waals surface area (Å²) in [5, 5.41) is 18.0. The summed E-state index contributed by atoms with van der Waals surface area (Å²) in [4.78, 5) is 2.26. The third-order valence-electron chi connectivity index (χ3n) is 4.51. The van der Waals surface area contributed by atoms with E-state index in [1.54, 1.807) is 22.7 Å². The van der Waals surface area contributed by atoms with Gasteiger partial charge in [-0.3, -0.25) is 4.90 Å². The van der Waals surface area contributed by atoms with Crippen LogP contribution < -0.4 is 5.73 Å². The molecule has 2 aliphatic heterocycles. The Balaban J connectivity index is 1.86. The van der Waals surface area contributed by atoms with Crippen molar-refractivity contribution in [2.75, 3.05) is 20.1 Å². The Labute approximate surface area is 154 Å². The summed E-state index contributed by atoms with van der Waals surface area (Å²) in [6.07, 6.45) is 2.08. The monoisotopic (exact) mass is 367 g/mol. The van der Waals surface area contributed by atoms with Gasteiger partial charge >= 0.3 is 0 Å². The minimum absolute atomic E-state index is 0.138. The van der Waals surface area contributed by atoms with E-state index in [2.05, 4.69) is 52.4 Å². The zero-order valence-corrected chi connectivity index (χ0v) is 15.4. The topological polar surface area (TPSA) is 62.3 Å². The summed E-state index contributed by atoms with van der Waals surface area (Å²) in [5.74, 6) is 0.849. The number of thiophene rings is 2. The predicted molar refractivity (Wildman–Crippen MR) is 102 cm³/mol. The summed E-state index contributed by atoms with van der Waals surface area (Å²) in [5.41, 5.74) is 11.2. The van der Waals surface area contributed by atoms with Crippen molar-refractivity contribution in [2.45, 2.75) is 5.92 Å². The average molecular weight is 367 g/mol. The molecule has 4 nitrogen and oxygen atoms in total. The molecule has 126 valence electrons. The van der Waals surface area contributed by atoms with Crippen molar-refractivity contribution in [3.05, 3.63) is 73.6 Å². The van der Waals surface area contributed by atoms with Crippen molar-refractivity contribution in [1.29, 1.82) is 5.26 Å². The molecule has 2 aromatic heterocycles. The Morgan fingerprint density at radius 2 is 2.04 bits per heavy atom. The van der Waals surface area contributed by atoms with Gasteiger partial charge in [-0.05, 0) is 69.0 Å². The van der Waals surface area contributed by atoms with Gasteiger partial charge < -0.3 is 10.5 Å². The lowest BCUT2D eigenvalue weighted by Crippen LogP contribution is -2.27. The molecule has 25 heavy (non-hydrogen) atoms. The van der Waals surface area contributed by atoms with Crippen LogP contribution in [0.25, 0.3) is 5.57 Å². The summed E-state index contributed by atoms with van der Waals surface area (Å²) < 4.78 is 5.90. The van der Waals surface area contributed by atoms with Crippen LogP contribution in [0.5, 0.6) is 0 Å². The normalized spacial score (nSPS) is 21.3. The lowest BCUT2D eigenvalue weighted by Gasteiger charge is -2.28. The molecular weight excluding hydrogens is 350 g/mol. The van der Waals surface area contributed by atoms with E-state index < -0.39 is 0 Å². The van der Waals surface area contributed by atoms with E-state index in [4.69, 9.17) is 10.5 Å². The number of likely N-dealkylation sites (N-methyl/N-ethyl adjacent to an activating group) is 1. The van der Waals surface area contributed by atoms with Gasteiger partial charge in [0.05, 0.1) is 5.92 Å². The molecule has 2 N–H and O–H groups in total. The molecule has 6 heteroatoms. The molecule has 1 atom stereocenters. The molecule has 2 aliphatic rings. The van der Waals surface area contributed by atoms with Gasteiger partial charge in [0.15, 0.2) is 0 Å².